The number of rotatable bonds is 66. The minimum atomic E-state index is -0.773. The van der Waals surface area contributed by atoms with Gasteiger partial charge in [-0.15, -0.1) is 0 Å². The Hall–Kier alpha value is -2.89. The first-order valence-electron chi connectivity index (χ1n) is 35.8. The Labute approximate surface area is 504 Å². The number of allylic oxidation sites excluding steroid dienone is 10. The van der Waals surface area contributed by atoms with E-state index in [2.05, 4.69) is 81.5 Å². The minimum absolute atomic E-state index is 0.0711. The van der Waals surface area contributed by atoms with Gasteiger partial charge in [-0.1, -0.05) is 332 Å². The highest BCUT2D eigenvalue weighted by molar-refractivity contribution is 5.71. The van der Waals surface area contributed by atoms with Gasteiger partial charge < -0.3 is 14.2 Å². The van der Waals surface area contributed by atoms with Crippen molar-refractivity contribution < 1.29 is 28.6 Å². The van der Waals surface area contributed by atoms with E-state index in [0.717, 1.165) is 77.0 Å². The van der Waals surface area contributed by atoms with Crippen molar-refractivity contribution in [1.82, 2.24) is 0 Å². The second-order valence-electron chi connectivity index (χ2n) is 24.1. The molecule has 0 aliphatic heterocycles. The lowest BCUT2D eigenvalue weighted by molar-refractivity contribution is -0.167. The number of hydrogen-bond donors (Lipinski definition) is 0. The lowest BCUT2D eigenvalue weighted by Gasteiger charge is -2.18. The Morgan fingerprint density at radius 1 is 0.247 bits per heavy atom. The van der Waals surface area contributed by atoms with Crippen LogP contribution in [0, 0.1) is 0 Å². The van der Waals surface area contributed by atoms with Crippen molar-refractivity contribution in [2.24, 2.45) is 0 Å². The lowest BCUT2D eigenvalue weighted by atomic mass is 10.0. The zero-order valence-corrected chi connectivity index (χ0v) is 54.3. The van der Waals surface area contributed by atoms with Crippen molar-refractivity contribution in [3.05, 3.63) is 60.8 Å². The van der Waals surface area contributed by atoms with Gasteiger partial charge in [-0.05, 0) is 89.9 Å². The first-order chi connectivity index (χ1) is 40.0. The molecule has 0 amide bonds. The molecule has 0 saturated heterocycles. The highest BCUT2D eigenvalue weighted by Gasteiger charge is 2.19. The quantitative estimate of drug-likeness (QED) is 0.0261. The van der Waals surface area contributed by atoms with E-state index in [1.165, 1.54) is 263 Å². The molecule has 0 aliphatic rings. The molecule has 6 heteroatoms. The maximum atomic E-state index is 12.9. The summed E-state index contributed by atoms with van der Waals surface area (Å²) in [5, 5.41) is 0. The highest BCUT2D eigenvalue weighted by Crippen LogP contribution is 2.18. The molecule has 472 valence electrons. The van der Waals surface area contributed by atoms with Crippen molar-refractivity contribution in [3.63, 3.8) is 0 Å². The fourth-order valence-electron chi connectivity index (χ4n) is 10.6. The first kappa shape index (κ1) is 78.1. The summed E-state index contributed by atoms with van der Waals surface area (Å²) in [6, 6.07) is 0. The molecule has 0 N–H and O–H groups in total. The summed E-state index contributed by atoms with van der Waals surface area (Å²) in [6.45, 7) is 6.65. The van der Waals surface area contributed by atoms with Gasteiger partial charge in [-0.3, -0.25) is 14.4 Å². The Kier molecular flexibility index (Phi) is 67.1. The van der Waals surface area contributed by atoms with Crippen LogP contribution in [0.1, 0.15) is 380 Å². The van der Waals surface area contributed by atoms with Crippen LogP contribution in [0.4, 0.5) is 0 Å². The molecule has 0 aromatic rings. The second-order valence-corrected chi connectivity index (χ2v) is 24.1. The molecule has 1 atom stereocenters. The van der Waals surface area contributed by atoms with E-state index in [9.17, 15) is 14.4 Å². The second kappa shape index (κ2) is 69.6. The zero-order valence-electron chi connectivity index (χ0n) is 54.3. The highest BCUT2D eigenvalue weighted by atomic mass is 16.6. The van der Waals surface area contributed by atoms with Crippen LogP contribution in [-0.2, 0) is 28.6 Å². The Bertz CT molecular complexity index is 1440. The van der Waals surface area contributed by atoms with Gasteiger partial charge in [0, 0.05) is 19.3 Å². The molecule has 0 rings (SSSR count). The summed E-state index contributed by atoms with van der Waals surface area (Å²) in [4.78, 5) is 38.3. The molecule has 0 spiro atoms. The van der Waals surface area contributed by atoms with Crippen molar-refractivity contribution in [1.29, 1.82) is 0 Å². The van der Waals surface area contributed by atoms with Crippen molar-refractivity contribution in [2.75, 3.05) is 13.2 Å². The average Bonchev–Trinajstić information content (AvgIpc) is 3.47. The summed E-state index contributed by atoms with van der Waals surface area (Å²) in [5.41, 5.74) is 0. The van der Waals surface area contributed by atoms with Gasteiger partial charge in [-0.2, -0.15) is 0 Å². The van der Waals surface area contributed by atoms with Gasteiger partial charge in [-0.25, -0.2) is 0 Å². The maximum Gasteiger partial charge on any atom is 0.306 e. The predicted octanol–water partition coefficient (Wildman–Crippen LogP) is 24.7. The van der Waals surface area contributed by atoms with E-state index in [1.54, 1.807) is 0 Å². The van der Waals surface area contributed by atoms with Crippen molar-refractivity contribution >= 4 is 17.9 Å². The van der Waals surface area contributed by atoms with Crippen LogP contribution in [0.5, 0.6) is 0 Å². The smallest absolute Gasteiger partial charge is 0.306 e. The van der Waals surface area contributed by atoms with Gasteiger partial charge in [0.15, 0.2) is 6.10 Å². The fourth-order valence-corrected chi connectivity index (χ4v) is 10.6. The van der Waals surface area contributed by atoms with Crippen LogP contribution < -0.4 is 0 Å². The van der Waals surface area contributed by atoms with Crippen molar-refractivity contribution in [3.8, 4) is 0 Å². The standard InChI is InChI=1S/C75H136O6/c1-4-7-10-13-16-19-21-23-25-27-29-31-32-33-34-35-36-37-38-39-40-41-42-44-45-47-49-51-53-56-59-62-65-68-74(77)80-71-72(70-79-73(76)67-64-61-58-55-18-15-12-9-6-3)81-75(78)69-66-63-60-57-54-52-50-48-46-43-30-28-26-24-22-20-17-14-11-8-5-2/h21-24,27-30,32-33,72H,4-20,25-26,31,34-71H2,1-3H3/b23-21-,24-22-,29-27-,30-28-,33-32-. The molecule has 0 saturated carbocycles. The van der Waals surface area contributed by atoms with E-state index in [0.29, 0.717) is 19.3 Å². The third-order valence-electron chi connectivity index (χ3n) is 16.0. The number of hydrogen-bond acceptors (Lipinski definition) is 6. The van der Waals surface area contributed by atoms with Crippen LogP contribution in [0.3, 0.4) is 0 Å². The zero-order chi connectivity index (χ0) is 58.5. The number of carbonyl (C=O) groups excluding carboxylic acids is 3. The van der Waals surface area contributed by atoms with Gasteiger partial charge in [0.25, 0.3) is 0 Å². The summed E-state index contributed by atoms with van der Waals surface area (Å²) in [7, 11) is 0. The molecule has 0 heterocycles. The third kappa shape index (κ3) is 67.8. The number of ether oxygens (including phenoxy) is 3. The number of carbonyl (C=O) groups is 3. The van der Waals surface area contributed by atoms with Crippen LogP contribution in [-0.4, -0.2) is 37.2 Å². The molecule has 0 bridgehead atoms. The van der Waals surface area contributed by atoms with E-state index < -0.39 is 6.10 Å². The molecule has 6 nitrogen and oxygen atoms in total. The largest absolute Gasteiger partial charge is 0.462 e. The predicted molar refractivity (Wildman–Crippen MR) is 353 cm³/mol. The fraction of sp³-hybridized carbons (Fsp3) is 0.827. The minimum Gasteiger partial charge on any atom is -0.462 e. The van der Waals surface area contributed by atoms with Gasteiger partial charge in [0.2, 0.25) is 0 Å². The molecular formula is C75H136O6. The van der Waals surface area contributed by atoms with E-state index in [-0.39, 0.29) is 31.1 Å². The molecule has 0 aliphatic carbocycles. The molecule has 0 radical (unpaired) electrons. The van der Waals surface area contributed by atoms with Gasteiger partial charge in [0.1, 0.15) is 13.2 Å². The summed E-state index contributed by atoms with van der Waals surface area (Å²) in [6.07, 6.45) is 89.8. The SMILES string of the molecule is CCCCCCC/C=C\C/C=C\C/C=C\CCCCCCCCCCCCCCCCCCCCC(=O)OCC(COC(=O)CCCCCCCCCCC)OC(=O)CCCCCCCCCCC/C=C\C/C=C\CCCCCCC. The Balaban J connectivity index is 4.08. The maximum absolute atomic E-state index is 12.9. The molecule has 0 fully saturated rings. The summed E-state index contributed by atoms with van der Waals surface area (Å²) < 4.78 is 16.9. The first-order valence-corrected chi connectivity index (χ1v) is 35.8. The Morgan fingerprint density at radius 3 is 0.691 bits per heavy atom. The normalized spacial score (nSPS) is 12.4. The van der Waals surface area contributed by atoms with Crippen LogP contribution >= 0.6 is 0 Å². The Morgan fingerprint density at radius 2 is 0.444 bits per heavy atom. The number of unbranched alkanes of at least 4 members (excludes halogenated alkanes) is 45. The third-order valence-corrected chi connectivity index (χ3v) is 16.0. The van der Waals surface area contributed by atoms with E-state index in [1.807, 2.05) is 0 Å². The lowest BCUT2D eigenvalue weighted by Crippen LogP contribution is -2.30. The molecule has 0 aromatic heterocycles. The number of esters is 3. The van der Waals surface area contributed by atoms with E-state index in [4.69, 9.17) is 14.2 Å². The molecular weight excluding hydrogens is 997 g/mol. The molecule has 81 heavy (non-hydrogen) atoms. The molecule has 1 unspecified atom stereocenters. The van der Waals surface area contributed by atoms with Crippen LogP contribution in [0.25, 0.3) is 0 Å². The summed E-state index contributed by atoms with van der Waals surface area (Å²) >= 11 is 0. The monoisotopic (exact) mass is 1130 g/mol. The topological polar surface area (TPSA) is 78.9 Å². The average molecular weight is 1130 g/mol. The molecule has 0 aromatic carbocycles. The van der Waals surface area contributed by atoms with Gasteiger partial charge >= 0.3 is 17.9 Å². The van der Waals surface area contributed by atoms with Gasteiger partial charge in [0.05, 0.1) is 0 Å². The van der Waals surface area contributed by atoms with Crippen LogP contribution in [0.2, 0.25) is 0 Å². The summed E-state index contributed by atoms with van der Waals surface area (Å²) in [5.74, 6) is -0.856. The van der Waals surface area contributed by atoms with Crippen LogP contribution in [0.15, 0.2) is 60.8 Å². The van der Waals surface area contributed by atoms with Crippen molar-refractivity contribution in [2.45, 2.75) is 386 Å². The van der Waals surface area contributed by atoms with E-state index >= 15 is 0 Å².